The second kappa shape index (κ2) is 8.33. The van der Waals surface area contributed by atoms with E-state index in [1.54, 1.807) is 24.7 Å². The number of imidazole rings is 1. The van der Waals surface area contributed by atoms with Crippen molar-refractivity contribution < 1.29 is 8.42 Å². The van der Waals surface area contributed by atoms with Crippen LogP contribution < -0.4 is 4.72 Å². The molecular weight excluding hydrogens is 348 g/mol. The zero-order chi connectivity index (χ0) is 18.6. The molecule has 0 aliphatic carbocycles. The average molecular weight is 377 g/mol. The van der Waals surface area contributed by atoms with Gasteiger partial charge < -0.3 is 4.57 Å². The van der Waals surface area contributed by atoms with Crippen LogP contribution in [0.25, 0.3) is 0 Å². The summed E-state index contributed by atoms with van der Waals surface area (Å²) in [5.41, 5.74) is 1.15. The molecule has 142 valence electrons. The van der Waals surface area contributed by atoms with Gasteiger partial charge >= 0.3 is 0 Å². The molecule has 6 nitrogen and oxygen atoms in total. The van der Waals surface area contributed by atoms with Crippen molar-refractivity contribution in [3.63, 3.8) is 0 Å². The molecule has 1 saturated heterocycles. The molecular formula is C19H28N4O2S. The number of rotatable bonds is 6. The van der Waals surface area contributed by atoms with Crippen LogP contribution >= 0.6 is 0 Å². The second-order valence-electron chi connectivity index (χ2n) is 6.97. The first-order valence-corrected chi connectivity index (χ1v) is 10.7. The van der Waals surface area contributed by atoms with Gasteiger partial charge in [-0.2, -0.15) is 0 Å². The lowest BCUT2D eigenvalue weighted by Gasteiger charge is -2.31. The largest absolute Gasteiger partial charge is 0.337 e. The maximum atomic E-state index is 12.7. The number of nitrogens with zero attached hydrogens (tertiary/aromatic N) is 3. The van der Waals surface area contributed by atoms with Crippen LogP contribution in [0.1, 0.15) is 43.1 Å². The molecule has 1 aliphatic rings. The van der Waals surface area contributed by atoms with Crippen LogP contribution in [0.4, 0.5) is 0 Å². The molecule has 7 heteroatoms. The standard InChI is InChI=1S/C19H28N4O2S/c1-16-21-19(15-22(16)2)26(24,25)20-14-18(17-10-6-5-7-11-17)23-12-8-3-4-9-13-23/h5-7,10-11,15,18,20H,3-4,8-9,12-14H2,1-2H3/t18-/m0/s1. The van der Waals surface area contributed by atoms with Crippen molar-refractivity contribution in [2.75, 3.05) is 19.6 Å². The molecule has 3 rings (SSSR count). The summed E-state index contributed by atoms with van der Waals surface area (Å²) in [5.74, 6) is 0.678. The van der Waals surface area contributed by atoms with Gasteiger partial charge in [0.05, 0.1) is 0 Å². The molecule has 2 heterocycles. The van der Waals surface area contributed by atoms with E-state index in [9.17, 15) is 8.42 Å². The molecule has 1 aromatic heterocycles. The molecule has 0 radical (unpaired) electrons. The Kier molecular flexibility index (Phi) is 6.11. The zero-order valence-electron chi connectivity index (χ0n) is 15.6. The fourth-order valence-electron chi connectivity index (χ4n) is 3.46. The number of hydrogen-bond acceptors (Lipinski definition) is 4. The lowest BCUT2D eigenvalue weighted by atomic mass is 10.1. The number of benzene rings is 1. The summed E-state index contributed by atoms with van der Waals surface area (Å²) in [6.45, 7) is 4.15. The van der Waals surface area contributed by atoms with Crippen molar-refractivity contribution in [2.24, 2.45) is 7.05 Å². The van der Waals surface area contributed by atoms with Gasteiger partial charge in [0, 0.05) is 25.8 Å². The highest BCUT2D eigenvalue weighted by Crippen LogP contribution is 2.24. The van der Waals surface area contributed by atoms with Crippen LogP contribution in [0.15, 0.2) is 41.6 Å². The van der Waals surface area contributed by atoms with E-state index in [2.05, 4.69) is 26.7 Å². The lowest BCUT2D eigenvalue weighted by Crippen LogP contribution is -2.38. The maximum Gasteiger partial charge on any atom is 0.259 e. The van der Waals surface area contributed by atoms with Gasteiger partial charge in [-0.05, 0) is 38.4 Å². The summed E-state index contributed by atoms with van der Waals surface area (Å²) in [7, 11) is -1.82. The summed E-state index contributed by atoms with van der Waals surface area (Å²) in [5, 5.41) is 0.0835. The Morgan fingerprint density at radius 3 is 2.35 bits per heavy atom. The second-order valence-corrected chi connectivity index (χ2v) is 8.68. The van der Waals surface area contributed by atoms with E-state index in [1.165, 1.54) is 12.8 Å². The Hall–Kier alpha value is -1.70. The van der Waals surface area contributed by atoms with Crippen LogP contribution in [0.3, 0.4) is 0 Å². The number of hydrogen-bond donors (Lipinski definition) is 1. The van der Waals surface area contributed by atoms with Crippen molar-refractivity contribution >= 4 is 10.0 Å². The van der Waals surface area contributed by atoms with E-state index >= 15 is 0 Å². The van der Waals surface area contributed by atoms with E-state index in [0.29, 0.717) is 12.4 Å². The molecule has 1 N–H and O–H groups in total. The molecule has 0 spiro atoms. The van der Waals surface area contributed by atoms with Crippen LogP contribution in [0.5, 0.6) is 0 Å². The molecule has 0 bridgehead atoms. The van der Waals surface area contributed by atoms with Crippen LogP contribution in [-0.2, 0) is 17.1 Å². The van der Waals surface area contributed by atoms with Gasteiger partial charge in [-0.3, -0.25) is 4.90 Å². The molecule has 0 amide bonds. The predicted octanol–water partition coefficient (Wildman–Crippen LogP) is 2.62. The highest BCUT2D eigenvalue weighted by molar-refractivity contribution is 7.89. The summed E-state index contributed by atoms with van der Waals surface area (Å²) >= 11 is 0. The fraction of sp³-hybridized carbons (Fsp3) is 0.526. The van der Waals surface area contributed by atoms with E-state index < -0.39 is 10.0 Å². The van der Waals surface area contributed by atoms with E-state index in [4.69, 9.17) is 0 Å². The van der Waals surface area contributed by atoms with Crippen molar-refractivity contribution in [2.45, 2.75) is 43.7 Å². The van der Waals surface area contributed by atoms with Gasteiger partial charge in [-0.15, -0.1) is 0 Å². The summed E-state index contributed by atoms with van der Waals surface area (Å²) < 4.78 is 29.9. The monoisotopic (exact) mass is 376 g/mol. The van der Waals surface area contributed by atoms with Gasteiger partial charge in [0.15, 0.2) is 5.03 Å². The number of nitrogens with one attached hydrogen (secondary N) is 1. The van der Waals surface area contributed by atoms with Crippen molar-refractivity contribution in [3.8, 4) is 0 Å². The Morgan fingerprint density at radius 2 is 1.77 bits per heavy atom. The van der Waals surface area contributed by atoms with Crippen LogP contribution in [0, 0.1) is 6.92 Å². The Balaban J connectivity index is 1.79. The first kappa shape index (κ1) is 19.1. The minimum Gasteiger partial charge on any atom is -0.337 e. The Bertz CT molecular complexity index is 790. The quantitative estimate of drug-likeness (QED) is 0.842. The van der Waals surface area contributed by atoms with Gasteiger partial charge in [0.2, 0.25) is 0 Å². The Morgan fingerprint density at radius 1 is 1.12 bits per heavy atom. The molecule has 2 aromatic rings. The zero-order valence-corrected chi connectivity index (χ0v) is 16.4. The van der Waals surface area contributed by atoms with E-state index in [-0.39, 0.29) is 11.1 Å². The van der Waals surface area contributed by atoms with E-state index in [1.807, 2.05) is 18.2 Å². The smallest absolute Gasteiger partial charge is 0.259 e. The van der Waals surface area contributed by atoms with Crippen LogP contribution in [0.2, 0.25) is 0 Å². The van der Waals surface area contributed by atoms with Gasteiger partial charge in [-0.1, -0.05) is 43.2 Å². The highest BCUT2D eigenvalue weighted by atomic mass is 32.2. The Labute approximate surface area is 156 Å². The molecule has 1 fully saturated rings. The molecule has 1 aliphatic heterocycles. The molecule has 1 aromatic carbocycles. The molecule has 1 atom stereocenters. The minimum absolute atomic E-state index is 0.0360. The van der Waals surface area contributed by atoms with Gasteiger partial charge in [-0.25, -0.2) is 18.1 Å². The normalized spacial score (nSPS) is 17.8. The lowest BCUT2D eigenvalue weighted by molar-refractivity contribution is 0.206. The first-order chi connectivity index (χ1) is 12.5. The highest BCUT2D eigenvalue weighted by Gasteiger charge is 2.25. The number of aryl methyl sites for hydroxylation is 2. The van der Waals surface area contributed by atoms with Gasteiger partial charge in [0.25, 0.3) is 10.0 Å². The van der Waals surface area contributed by atoms with Crippen molar-refractivity contribution in [1.29, 1.82) is 0 Å². The predicted molar refractivity (Wildman–Crippen MR) is 102 cm³/mol. The summed E-state index contributed by atoms with van der Waals surface area (Å²) in [4.78, 5) is 6.57. The topological polar surface area (TPSA) is 67.2 Å². The SMILES string of the molecule is Cc1nc(S(=O)(=O)NC[C@@H](c2ccccc2)N2CCCCCC2)cn1C. The molecule has 0 saturated carbocycles. The number of aromatic nitrogens is 2. The minimum atomic E-state index is -3.62. The first-order valence-electron chi connectivity index (χ1n) is 9.26. The third-order valence-electron chi connectivity index (χ3n) is 5.09. The van der Waals surface area contributed by atoms with E-state index in [0.717, 1.165) is 31.5 Å². The molecule has 26 heavy (non-hydrogen) atoms. The van der Waals surface area contributed by atoms with Crippen LogP contribution in [-0.4, -0.2) is 42.5 Å². The maximum absolute atomic E-state index is 12.7. The van der Waals surface area contributed by atoms with Crippen molar-refractivity contribution in [1.82, 2.24) is 19.2 Å². The molecule has 0 unspecified atom stereocenters. The number of sulfonamides is 1. The summed E-state index contributed by atoms with van der Waals surface area (Å²) in [6.07, 6.45) is 6.38. The third-order valence-corrected chi connectivity index (χ3v) is 6.39. The van der Waals surface area contributed by atoms with Gasteiger partial charge in [0.1, 0.15) is 5.82 Å². The average Bonchev–Trinajstić information content (AvgIpc) is 2.83. The number of likely N-dealkylation sites (tertiary alicyclic amines) is 1. The fourth-order valence-corrected chi connectivity index (χ4v) is 4.53. The third kappa shape index (κ3) is 4.52. The van der Waals surface area contributed by atoms with Crippen molar-refractivity contribution in [3.05, 3.63) is 47.9 Å². The summed E-state index contributed by atoms with van der Waals surface area (Å²) in [6, 6.07) is 10.2.